The maximum Gasteiger partial charge on any atom is 0.326 e. The van der Waals surface area contributed by atoms with Gasteiger partial charge in [0.1, 0.15) is 18.1 Å². The van der Waals surface area contributed by atoms with Crippen LogP contribution < -0.4 is 16.0 Å². The fraction of sp³-hybridized carbons (Fsp3) is 0.524. The molecule has 0 spiro atoms. The molecule has 8 nitrogen and oxygen atoms in total. The zero-order chi connectivity index (χ0) is 22.5. The number of carbonyl (C=O) groups excluding carboxylic acids is 3. The Balaban J connectivity index is 2.88. The summed E-state index contributed by atoms with van der Waals surface area (Å²) in [5.74, 6) is -1.43. The minimum absolute atomic E-state index is 0.0853. The van der Waals surface area contributed by atoms with E-state index in [0.717, 1.165) is 5.56 Å². The molecule has 3 atom stereocenters. The molecule has 3 amide bonds. The van der Waals surface area contributed by atoms with Gasteiger partial charge in [-0.15, -0.1) is 0 Å². The van der Waals surface area contributed by atoms with Crippen molar-refractivity contribution in [2.24, 2.45) is 5.92 Å². The Labute approximate surface area is 181 Å². The Morgan fingerprint density at radius 1 is 1.03 bits per heavy atom. The van der Waals surface area contributed by atoms with Crippen molar-refractivity contribution < 1.29 is 24.3 Å². The molecular formula is C21H31N3O5S. The molecule has 0 aliphatic carbocycles. The van der Waals surface area contributed by atoms with Crippen LogP contribution in [0, 0.1) is 5.92 Å². The molecule has 30 heavy (non-hydrogen) atoms. The number of carboxylic acids is 1. The molecule has 1 aromatic rings. The van der Waals surface area contributed by atoms with Gasteiger partial charge in [0.15, 0.2) is 0 Å². The predicted molar refractivity (Wildman–Crippen MR) is 117 cm³/mol. The van der Waals surface area contributed by atoms with Gasteiger partial charge < -0.3 is 21.1 Å². The number of amides is 3. The average molecular weight is 438 g/mol. The summed E-state index contributed by atoms with van der Waals surface area (Å²) in [4.78, 5) is 47.9. The number of aliphatic carboxylic acids is 1. The third kappa shape index (κ3) is 9.30. The molecular weight excluding hydrogens is 406 g/mol. The SMILES string of the molecule is CSCC[C@@H](NC=O)C(=O)N[C@H](CC(C)C)C(=O)N[C@@H](Cc1ccccc1)C(=O)O. The number of benzene rings is 1. The molecule has 166 valence electrons. The van der Waals surface area contributed by atoms with Crippen molar-refractivity contribution in [2.75, 3.05) is 12.0 Å². The molecule has 0 unspecified atom stereocenters. The maximum absolute atomic E-state index is 12.8. The Kier molecular flexibility index (Phi) is 11.6. The molecule has 4 N–H and O–H groups in total. The minimum Gasteiger partial charge on any atom is -0.480 e. The van der Waals surface area contributed by atoms with E-state index < -0.39 is 35.9 Å². The lowest BCUT2D eigenvalue weighted by molar-refractivity contribution is -0.142. The van der Waals surface area contributed by atoms with Gasteiger partial charge in [-0.1, -0.05) is 44.2 Å². The molecule has 1 rings (SSSR count). The van der Waals surface area contributed by atoms with E-state index in [1.165, 1.54) is 0 Å². The quantitative estimate of drug-likeness (QED) is 0.324. The van der Waals surface area contributed by atoms with Crippen LogP contribution in [-0.4, -0.2) is 59.4 Å². The van der Waals surface area contributed by atoms with Gasteiger partial charge in [-0.3, -0.25) is 14.4 Å². The van der Waals surface area contributed by atoms with E-state index in [2.05, 4.69) is 16.0 Å². The second-order valence-corrected chi connectivity index (χ2v) is 8.38. The summed E-state index contributed by atoms with van der Waals surface area (Å²) >= 11 is 1.54. The van der Waals surface area contributed by atoms with Gasteiger partial charge in [-0.2, -0.15) is 11.8 Å². The number of rotatable bonds is 14. The monoisotopic (exact) mass is 437 g/mol. The summed E-state index contributed by atoms with van der Waals surface area (Å²) in [5, 5.41) is 17.2. The summed E-state index contributed by atoms with van der Waals surface area (Å²) in [6.45, 7) is 3.81. The Morgan fingerprint density at radius 2 is 1.63 bits per heavy atom. The lowest BCUT2D eigenvalue weighted by atomic mass is 10.0. The highest BCUT2D eigenvalue weighted by atomic mass is 32.2. The first-order valence-corrected chi connectivity index (χ1v) is 11.2. The number of thioether (sulfide) groups is 1. The Bertz CT molecular complexity index is 699. The largest absolute Gasteiger partial charge is 0.480 e. The second-order valence-electron chi connectivity index (χ2n) is 7.40. The van der Waals surface area contributed by atoms with Crippen molar-refractivity contribution in [3.05, 3.63) is 35.9 Å². The maximum atomic E-state index is 12.8. The van der Waals surface area contributed by atoms with Gasteiger partial charge in [0.05, 0.1) is 0 Å². The molecule has 0 saturated carbocycles. The van der Waals surface area contributed by atoms with E-state index in [4.69, 9.17) is 0 Å². The lowest BCUT2D eigenvalue weighted by Crippen LogP contribution is -2.55. The Morgan fingerprint density at radius 3 is 2.17 bits per heavy atom. The van der Waals surface area contributed by atoms with Crippen LogP contribution in [0.25, 0.3) is 0 Å². The zero-order valence-electron chi connectivity index (χ0n) is 17.6. The summed E-state index contributed by atoms with van der Waals surface area (Å²) in [6.07, 6.45) is 3.25. The fourth-order valence-corrected chi connectivity index (χ4v) is 3.38. The van der Waals surface area contributed by atoms with Crippen molar-refractivity contribution in [2.45, 2.75) is 51.2 Å². The average Bonchev–Trinajstić information content (AvgIpc) is 2.70. The Hall–Kier alpha value is -2.55. The number of hydrogen-bond donors (Lipinski definition) is 4. The van der Waals surface area contributed by atoms with E-state index in [9.17, 15) is 24.3 Å². The molecule has 0 heterocycles. The zero-order valence-corrected chi connectivity index (χ0v) is 18.4. The van der Waals surface area contributed by atoms with Crippen LogP contribution in [0.1, 0.15) is 32.3 Å². The lowest BCUT2D eigenvalue weighted by Gasteiger charge is -2.25. The molecule has 9 heteroatoms. The van der Waals surface area contributed by atoms with Gasteiger partial charge in [-0.05, 0) is 36.3 Å². The van der Waals surface area contributed by atoms with Crippen molar-refractivity contribution in [3.63, 3.8) is 0 Å². The predicted octanol–water partition coefficient (Wildman–Crippen LogP) is 1.20. The van der Waals surface area contributed by atoms with E-state index in [1.54, 1.807) is 36.0 Å². The first kappa shape index (κ1) is 25.5. The standard InChI is InChI=1S/C21H31N3O5S/c1-14(2)11-17(23-19(26)16(22-13-25)9-10-30-3)20(27)24-18(21(28)29)12-15-7-5-4-6-8-15/h4-8,13-14,16-18H,9-12H2,1-3H3,(H,22,25)(H,23,26)(H,24,27)(H,28,29)/t16-,17-,18+/m1/s1. The van der Waals surface area contributed by atoms with E-state index >= 15 is 0 Å². The van der Waals surface area contributed by atoms with E-state index in [-0.39, 0.29) is 12.3 Å². The first-order valence-electron chi connectivity index (χ1n) is 9.84. The third-order valence-electron chi connectivity index (χ3n) is 4.43. The molecule has 0 bridgehead atoms. The van der Waals surface area contributed by atoms with E-state index in [0.29, 0.717) is 25.0 Å². The van der Waals surface area contributed by atoms with Crippen LogP contribution in [0.4, 0.5) is 0 Å². The highest BCUT2D eigenvalue weighted by Gasteiger charge is 2.29. The third-order valence-corrected chi connectivity index (χ3v) is 5.08. The van der Waals surface area contributed by atoms with Gasteiger partial charge in [0.2, 0.25) is 18.2 Å². The van der Waals surface area contributed by atoms with Gasteiger partial charge in [0, 0.05) is 6.42 Å². The summed E-state index contributed by atoms with van der Waals surface area (Å²) in [5.41, 5.74) is 0.780. The van der Waals surface area contributed by atoms with Crippen molar-refractivity contribution in [1.29, 1.82) is 0 Å². The first-order chi connectivity index (χ1) is 14.3. The van der Waals surface area contributed by atoms with Crippen LogP contribution in [0.5, 0.6) is 0 Å². The highest BCUT2D eigenvalue weighted by molar-refractivity contribution is 7.98. The second kappa shape index (κ2) is 13.6. The summed E-state index contributed by atoms with van der Waals surface area (Å²) < 4.78 is 0. The van der Waals surface area contributed by atoms with Crippen molar-refractivity contribution in [1.82, 2.24) is 16.0 Å². The number of carboxylic acid groups (broad SMARTS) is 1. The van der Waals surface area contributed by atoms with Crippen LogP contribution >= 0.6 is 11.8 Å². The molecule has 0 aliphatic rings. The van der Waals surface area contributed by atoms with Crippen LogP contribution in [0.3, 0.4) is 0 Å². The van der Waals surface area contributed by atoms with Crippen LogP contribution in [-0.2, 0) is 25.6 Å². The normalized spacial score (nSPS) is 13.7. The molecule has 0 aromatic heterocycles. The van der Waals surface area contributed by atoms with Crippen molar-refractivity contribution in [3.8, 4) is 0 Å². The van der Waals surface area contributed by atoms with Crippen LogP contribution in [0.2, 0.25) is 0 Å². The molecule has 0 saturated heterocycles. The topological polar surface area (TPSA) is 125 Å². The summed E-state index contributed by atoms with van der Waals surface area (Å²) in [7, 11) is 0. The highest BCUT2D eigenvalue weighted by Crippen LogP contribution is 2.09. The van der Waals surface area contributed by atoms with Gasteiger partial charge >= 0.3 is 5.97 Å². The molecule has 1 aromatic carbocycles. The van der Waals surface area contributed by atoms with Crippen LogP contribution in [0.15, 0.2) is 30.3 Å². The number of carbonyl (C=O) groups is 4. The molecule has 0 radical (unpaired) electrons. The minimum atomic E-state index is -1.15. The number of nitrogens with one attached hydrogen (secondary N) is 3. The van der Waals surface area contributed by atoms with Gasteiger partial charge in [0.25, 0.3) is 0 Å². The van der Waals surface area contributed by atoms with E-state index in [1.807, 2.05) is 26.2 Å². The summed E-state index contributed by atoms with van der Waals surface area (Å²) in [6, 6.07) is 6.23. The molecule has 0 fully saturated rings. The van der Waals surface area contributed by atoms with Gasteiger partial charge in [-0.25, -0.2) is 4.79 Å². The van der Waals surface area contributed by atoms with Crippen molar-refractivity contribution >= 4 is 36.0 Å². The smallest absolute Gasteiger partial charge is 0.326 e. The number of hydrogen-bond acceptors (Lipinski definition) is 5. The molecule has 0 aliphatic heterocycles. The fourth-order valence-electron chi connectivity index (χ4n) is 2.91.